The zero-order valence-electron chi connectivity index (χ0n) is 10.5. The fourth-order valence-electron chi connectivity index (χ4n) is 1.72. The van der Waals surface area contributed by atoms with Crippen molar-refractivity contribution in [2.45, 2.75) is 44.9 Å². The van der Waals surface area contributed by atoms with Gasteiger partial charge in [0.1, 0.15) is 5.60 Å². The lowest BCUT2D eigenvalue weighted by molar-refractivity contribution is 0.0250. The highest BCUT2D eigenvalue weighted by Crippen LogP contribution is 2.10. The molecule has 0 spiro atoms. The minimum atomic E-state index is -0.464. The number of carbonyl (C=O) groups is 1. The number of methoxy groups -OCH3 is 1. The summed E-state index contributed by atoms with van der Waals surface area (Å²) in [6, 6.07) is -0.0198. The van der Waals surface area contributed by atoms with Crippen molar-refractivity contribution in [1.82, 2.24) is 10.6 Å². The Kier molecular flexibility index (Phi) is 4.56. The lowest BCUT2D eigenvalue weighted by atomic mass is 10.0. The van der Waals surface area contributed by atoms with Gasteiger partial charge in [-0.15, -0.1) is 0 Å². The maximum atomic E-state index is 11.6. The van der Waals surface area contributed by atoms with Crippen LogP contribution in [0.5, 0.6) is 0 Å². The first-order chi connectivity index (χ1) is 7.42. The van der Waals surface area contributed by atoms with E-state index in [0.717, 1.165) is 19.5 Å². The molecule has 0 radical (unpaired) electrons. The lowest BCUT2D eigenvalue weighted by Crippen LogP contribution is -2.55. The molecule has 2 atom stereocenters. The monoisotopic (exact) mass is 230 g/mol. The molecule has 2 N–H and O–H groups in total. The molecule has 16 heavy (non-hydrogen) atoms. The van der Waals surface area contributed by atoms with Crippen molar-refractivity contribution < 1.29 is 14.3 Å². The van der Waals surface area contributed by atoms with Gasteiger partial charge in [0, 0.05) is 13.7 Å². The molecule has 1 saturated heterocycles. The molecule has 1 aliphatic rings. The van der Waals surface area contributed by atoms with Crippen molar-refractivity contribution in [1.29, 1.82) is 0 Å². The quantitative estimate of drug-likeness (QED) is 0.739. The van der Waals surface area contributed by atoms with Crippen LogP contribution >= 0.6 is 0 Å². The van der Waals surface area contributed by atoms with Gasteiger partial charge in [-0.05, 0) is 33.7 Å². The van der Waals surface area contributed by atoms with Crippen LogP contribution in [0.2, 0.25) is 0 Å². The predicted molar refractivity (Wildman–Crippen MR) is 61.4 cm³/mol. The Labute approximate surface area is 96.9 Å². The number of alkyl carbamates (subject to hydrolysis) is 1. The first-order valence-corrected chi connectivity index (χ1v) is 5.65. The molecule has 1 aliphatic heterocycles. The van der Waals surface area contributed by atoms with Crippen LogP contribution in [0.1, 0.15) is 27.2 Å². The first-order valence-electron chi connectivity index (χ1n) is 5.65. The van der Waals surface area contributed by atoms with Gasteiger partial charge in [0.05, 0.1) is 12.1 Å². The number of amides is 1. The number of hydrogen-bond acceptors (Lipinski definition) is 4. The number of piperidine rings is 1. The van der Waals surface area contributed by atoms with Gasteiger partial charge in [0.2, 0.25) is 0 Å². The highest BCUT2D eigenvalue weighted by atomic mass is 16.6. The normalized spacial score (nSPS) is 26.2. The molecule has 5 heteroatoms. The van der Waals surface area contributed by atoms with Crippen molar-refractivity contribution in [3.63, 3.8) is 0 Å². The first kappa shape index (κ1) is 13.3. The van der Waals surface area contributed by atoms with Crippen LogP contribution in [0.4, 0.5) is 4.79 Å². The van der Waals surface area contributed by atoms with Gasteiger partial charge < -0.3 is 20.1 Å². The summed E-state index contributed by atoms with van der Waals surface area (Å²) in [6.45, 7) is 7.18. The van der Waals surface area contributed by atoms with Crippen molar-refractivity contribution in [2.75, 3.05) is 20.2 Å². The van der Waals surface area contributed by atoms with E-state index in [0.29, 0.717) is 0 Å². The van der Waals surface area contributed by atoms with Crippen LogP contribution in [0.15, 0.2) is 0 Å². The van der Waals surface area contributed by atoms with Crippen LogP contribution in [0.3, 0.4) is 0 Å². The molecule has 1 heterocycles. The lowest BCUT2D eigenvalue weighted by Gasteiger charge is -2.32. The Balaban J connectivity index is 2.42. The SMILES string of the molecule is CO[C@@H]1CCNC[C@H]1NC(=O)OC(C)(C)C. The van der Waals surface area contributed by atoms with Crippen molar-refractivity contribution in [3.8, 4) is 0 Å². The third-order valence-corrected chi connectivity index (χ3v) is 2.42. The van der Waals surface area contributed by atoms with Crippen LogP contribution in [-0.4, -0.2) is 44.0 Å². The molecular weight excluding hydrogens is 208 g/mol. The molecule has 0 aromatic carbocycles. The number of hydrogen-bond donors (Lipinski definition) is 2. The Morgan fingerprint density at radius 2 is 2.12 bits per heavy atom. The third-order valence-electron chi connectivity index (χ3n) is 2.42. The summed E-state index contributed by atoms with van der Waals surface area (Å²) in [7, 11) is 1.67. The van der Waals surface area contributed by atoms with Crippen molar-refractivity contribution in [3.05, 3.63) is 0 Å². The number of rotatable bonds is 2. The molecule has 1 rings (SSSR count). The largest absolute Gasteiger partial charge is 0.444 e. The van der Waals surface area contributed by atoms with E-state index in [9.17, 15) is 4.79 Å². The minimum Gasteiger partial charge on any atom is -0.444 e. The average Bonchev–Trinajstić information content (AvgIpc) is 2.15. The van der Waals surface area contributed by atoms with Gasteiger partial charge in [0.15, 0.2) is 0 Å². The standard InChI is InChI=1S/C11H22N2O3/c1-11(2,3)16-10(14)13-8-7-12-6-5-9(8)15-4/h8-9,12H,5-7H2,1-4H3,(H,13,14)/t8-,9-/m1/s1. The molecule has 1 amide bonds. The minimum absolute atomic E-state index is 0.0198. The van der Waals surface area contributed by atoms with E-state index in [2.05, 4.69) is 10.6 Å². The Hall–Kier alpha value is -0.810. The maximum absolute atomic E-state index is 11.6. The Bertz CT molecular complexity index is 238. The van der Waals surface area contributed by atoms with E-state index in [4.69, 9.17) is 9.47 Å². The van der Waals surface area contributed by atoms with E-state index in [1.54, 1.807) is 7.11 Å². The molecule has 0 aromatic rings. The van der Waals surface area contributed by atoms with E-state index < -0.39 is 5.60 Å². The molecular formula is C11H22N2O3. The van der Waals surface area contributed by atoms with Crippen LogP contribution in [-0.2, 0) is 9.47 Å². The fraction of sp³-hybridized carbons (Fsp3) is 0.909. The molecule has 0 aliphatic carbocycles. The summed E-state index contributed by atoms with van der Waals surface area (Å²) in [5, 5.41) is 6.04. The zero-order valence-corrected chi connectivity index (χ0v) is 10.5. The third kappa shape index (κ3) is 4.37. The van der Waals surface area contributed by atoms with Crippen LogP contribution in [0, 0.1) is 0 Å². The number of nitrogens with one attached hydrogen (secondary N) is 2. The van der Waals surface area contributed by atoms with E-state index in [1.807, 2.05) is 20.8 Å². The van der Waals surface area contributed by atoms with Gasteiger partial charge in [-0.1, -0.05) is 0 Å². The van der Waals surface area contributed by atoms with Gasteiger partial charge in [-0.2, -0.15) is 0 Å². The second kappa shape index (κ2) is 5.50. The predicted octanol–water partition coefficient (Wildman–Crippen LogP) is 0.888. The van der Waals surface area contributed by atoms with Crippen molar-refractivity contribution in [2.24, 2.45) is 0 Å². The highest BCUT2D eigenvalue weighted by molar-refractivity contribution is 5.68. The van der Waals surface area contributed by atoms with Gasteiger partial charge >= 0.3 is 6.09 Å². The summed E-state index contributed by atoms with van der Waals surface area (Å²) in [6.07, 6.45) is 0.578. The van der Waals surface area contributed by atoms with Crippen molar-refractivity contribution >= 4 is 6.09 Å². The molecule has 0 unspecified atom stereocenters. The molecule has 1 fully saturated rings. The number of ether oxygens (including phenoxy) is 2. The maximum Gasteiger partial charge on any atom is 0.408 e. The molecule has 0 bridgehead atoms. The second-order valence-electron chi connectivity index (χ2n) is 5.02. The Morgan fingerprint density at radius 3 is 2.69 bits per heavy atom. The highest BCUT2D eigenvalue weighted by Gasteiger charge is 2.27. The van der Waals surface area contributed by atoms with Gasteiger partial charge in [-0.3, -0.25) is 0 Å². The zero-order chi connectivity index (χ0) is 12.2. The van der Waals surface area contributed by atoms with E-state index in [1.165, 1.54) is 0 Å². The van der Waals surface area contributed by atoms with Crippen LogP contribution < -0.4 is 10.6 Å². The summed E-state index contributed by atoms with van der Waals surface area (Å²) in [5.41, 5.74) is -0.464. The molecule has 0 saturated carbocycles. The summed E-state index contributed by atoms with van der Waals surface area (Å²) in [4.78, 5) is 11.6. The van der Waals surface area contributed by atoms with E-state index in [-0.39, 0.29) is 18.2 Å². The number of carbonyl (C=O) groups excluding carboxylic acids is 1. The smallest absolute Gasteiger partial charge is 0.408 e. The molecule has 5 nitrogen and oxygen atoms in total. The second-order valence-corrected chi connectivity index (χ2v) is 5.02. The summed E-state index contributed by atoms with van der Waals surface area (Å²) in [5.74, 6) is 0. The van der Waals surface area contributed by atoms with Gasteiger partial charge in [0.25, 0.3) is 0 Å². The Morgan fingerprint density at radius 1 is 1.44 bits per heavy atom. The summed E-state index contributed by atoms with van der Waals surface area (Å²) >= 11 is 0. The van der Waals surface area contributed by atoms with Crippen LogP contribution in [0.25, 0.3) is 0 Å². The fourth-order valence-corrected chi connectivity index (χ4v) is 1.72. The van der Waals surface area contributed by atoms with Gasteiger partial charge in [-0.25, -0.2) is 4.79 Å². The van der Waals surface area contributed by atoms with E-state index >= 15 is 0 Å². The average molecular weight is 230 g/mol. The molecule has 94 valence electrons. The molecule has 0 aromatic heterocycles. The topological polar surface area (TPSA) is 59.6 Å². The summed E-state index contributed by atoms with van der Waals surface area (Å²) < 4.78 is 10.5.